The summed E-state index contributed by atoms with van der Waals surface area (Å²) < 4.78 is 43.6. The lowest BCUT2D eigenvalue weighted by atomic mass is 10.2. The number of halogens is 3. The fraction of sp³-hybridized carbons (Fsp3) is 0.278. The third-order valence-corrected chi connectivity index (χ3v) is 3.87. The van der Waals surface area contributed by atoms with Crippen molar-refractivity contribution in [2.75, 3.05) is 25.6 Å². The van der Waals surface area contributed by atoms with Crippen LogP contribution in [0.1, 0.15) is 11.1 Å². The van der Waals surface area contributed by atoms with Gasteiger partial charge in [0.2, 0.25) is 0 Å². The minimum Gasteiger partial charge on any atom is -0.383 e. The van der Waals surface area contributed by atoms with Crippen LogP contribution in [0.25, 0.3) is 0 Å². The number of alkyl halides is 3. The molecular formula is C18H19F3N2OS. The van der Waals surface area contributed by atoms with Crippen molar-refractivity contribution in [2.45, 2.75) is 12.7 Å². The monoisotopic (exact) mass is 368 g/mol. The van der Waals surface area contributed by atoms with Gasteiger partial charge in [0.1, 0.15) is 0 Å². The van der Waals surface area contributed by atoms with E-state index in [4.69, 9.17) is 17.0 Å². The van der Waals surface area contributed by atoms with Crippen LogP contribution >= 0.6 is 12.2 Å². The maximum Gasteiger partial charge on any atom is 0.416 e. The van der Waals surface area contributed by atoms with Gasteiger partial charge in [-0.15, -0.1) is 0 Å². The fourth-order valence-corrected chi connectivity index (χ4v) is 2.51. The molecule has 0 aliphatic rings. The van der Waals surface area contributed by atoms with Gasteiger partial charge >= 0.3 is 6.18 Å². The Kier molecular flexibility index (Phi) is 6.78. The number of hydrogen-bond donors (Lipinski definition) is 1. The van der Waals surface area contributed by atoms with Crippen molar-refractivity contribution in [1.82, 2.24) is 4.90 Å². The summed E-state index contributed by atoms with van der Waals surface area (Å²) in [6, 6.07) is 14.7. The predicted molar refractivity (Wildman–Crippen MR) is 96.4 cm³/mol. The first-order chi connectivity index (χ1) is 11.9. The molecule has 1 N–H and O–H groups in total. The molecule has 7 heteroatoms. The Morgan fingerprint density at radius 1 is 1.12 bits per heavy atom. The number of anilines is 1. The average Bonchev–Trinajstić information content (AvgIpc) is 2.59. The molecule has 0 amide bonds. The van der Waals surface area contributed by atoms with Crippen LogP contribution in [0.5, 0.6) is 0 Å². The number of ether oxygens (including phenoxy) is 1. The van der Waals surface area contributed by atoms with Gasteiger partial charge in [0.05, 0.1) is 12.2 Å². The van der Waals surface area contributed by atoms with Gasteiger partial charge in [-0.2, -0.15) is 13.2 Å². The number of benzene rings is 2. The molecule has 0 radical (unpaired) electrons. The van der Waals surface area contributed by atoms with Crippen molar-refractivity contribution in [3.63, 3.8) is 0 Å². The summed E-state index contributed by atoms with van der Waals surface area (Å²) in [5.41, 5.74) is 0.633. The van der Waals surface area contributed by atoms with Gasteiger partial charge in [0, 0.05) is 25.9 Å². The van der Waals surface area contributed by atoms with E-state index in [0.29, 0.717) is 30.5 Å². The molecule has 0 spiro atoms. The number of hydrogen-bond acceptors (Lipinski definition) is 2. The Hall–Kier alpha value is -2.12. The number of nitrogens with one attached hydrogen (secondary N) is 1. The lowest BCUT2D eigenvalue weighted by molar-refractivity contribution is -0.137. The molecule has 0 aliphatic carbocycles. The quantitative estimate of drug-likeness (QED) is 0.756. The standard InChI is InChI=1S/C18H19F3N2OS/c1-24-11-10-23(13-14-6-3-2-4-7-14)17(25)22-16-9-5-8-15(12-16)18(19,20)21/h2-9,12H,10-11,13H2,1H3,(H,22,25). The second-order valence-electron chi connectivity index (χ2n) is 5.41. The lowest BCUT2D eigenvalue weighted by Gasteiger charge is -2.26. The molecular weight excluding hydrogens is 349 g/mol. The van der Waals surface area contributed by atoms with Crippen molar-refractivity contribution in [3.05, 3.63) is 65.7 Å². The fourth-order valence-electron chi connectivity index (χ4n) is 2.23. The molecule has 0 saturated carbocycles. The van der Waals surface area contributed by atoms with Gasteiger partial charge in [0.15, 0.2) is 5.11 Å². The summed E-state index contributed by atoms with van der Waals surface area (Å²) in [7, 11) is 1.59. The molecule has 0 fully saturated rings. The van der Waals surface area contributed by atoms with Crippen LogP contribution in [0, 0.1) is 0 Å². The minimum absolute atomic E-state index is 0.301. The third-order valence-electron chi connectivity index (χ3n) is 3.51. The zero-order valence-electron chi connectivity index (χ0n) is 13.7. The second-order valence-corrected chi connectivity index (χ2v) is 5.80. The van der Waals surface area contributed by atoms with E-state index >= 15 is 0 Å². The van der Waals surface area contributed by atoms with Crippen molar-refractivity contribution < 1.29 is 17.9 Å². The van der Waals surface area contributed by atoms with E-state index in [0.717, 1.165) is 17.7 Å². The predicted octanol–water partition coefficient (Wildman–Crippen LogP) is 4.55. The molecule has 0 saturated heterocycles. The highest BCUT2D eigenvalue weighted by atomic mass is 32.1. The van der Waals surface area contributed by atoms with Gasteiger partial charge in [0.25, 0.3) is 0 Å². The van der Waals surface area contributed by atoms with Crippen LogP contribution in [0.3, 0.4) is 0 Å². The van der Waals surface area contributed by atoms with Gasteiger partial charge < -0.3 is 15.0 Å². The molecule has 2 aromatic rings. The Bertz CT molecular complexity index is 692. The van der Waals surface area contributed by atoms with Crippen LogP contribution in [0.2, 0.25) is 0 Å². The van der Waals surface area contributed by atoms with Crippen LogP contribution < -0.4 is 5.32 Å². The summed E-state index contributed by atoms with van der Waals surface area (Å²) in [5.74, 6) is 0. The summed E-state index contributed by atoms with van der Waals surface area (Å²) in [5, 5.41) is 3.23. The van der Waals surface area contributed by atoms with Gasteiger partial charge in [-0.1, -0.05) is 36.4 Å². The van der Waals surface area contributed by atoms with Gasteiger partial charge in [-0.05, 0) is 36.0 Å². The van der Waals surface area contributed by atoms with Crippen molar-refractivity contribution in [3.8, 4) is 0 Å². The van der Waals surface area contributed by atoms with Crippen molar-refractivity contribution in [2.24, 2.45) is 0 Å². The molecule has 0 heterocycles. The molecule has 0 unspecified atom stereocenters. The summed E-state index contributed by atoms with van der Waals surface area (Å²) in [4.78, 5) is 1.86. The average molecular weight is 368 g/mol. The van der Waals surface area contributed by atoms with Crippen LogP contribution in [0.15, 0.2) is 54.6 Å². The largest absolute Gasteiger partial charge is 0.416 e. The number of methoxy groups -OCH3 is 1. The molecule has 2 aromatic carbocycles. The van der Waals surface area contributed by atoms with E-state index in [2.05, 4.69) is 5.32 Å². The molecule has 134 valence electrons. The van der Waals surface area contributed by atoms with E-state index < -0.39 is 11.7 Å². The first kappa shape index (κ1) is 19.2. The normalized spacial score (nSPS) is 11.2. The molecule has 2 rings (SSSR count). The summed E-state index contributed by atoms with van der Waals surface area (Å²) >= 11 is 5.38. The van der Waals surface area contributed by atoms with Crippen LogP contribution in [0.4, 0.5) is 18.9 Å². The Balaban J connectivity index is 2.11. The molecule has 0 bridgehead atoms. The van der Waals surface area contributed by atoms with E-state index in [-0.39, 0.29) is 0 Å². The first-order valence-electron chi connectivity index (χ1n) is 7.66. The van der Waals surface area contributed by atoms with E-state index in [1.54, 1.807) is 13.2 Å². The van der Waals surface area contributed by atoms with Crippen LogP contribution in [-0.2, 0) is 17.5 Å². The van der Waals surface area contributed by atoms with Gasteiger partial charge in [-0.25, -0.2) is 0 Å². The zero-order valence-corrected chi connectivity index (χ0v) is 14.5. The summed E-state index contributed by atoms with van der Waals surface area (Å²) in [6.07, 6.45) is -4.39. The van der Waals surface area contributed by atoms with Gasteiger partial charge in [-0.3, -0.25) is 0 Å². The molecule has 0 aliphatic heterocycles. The highest BCUT2D eigenvalue weighted by Crippen LogP contribution is 2.30. The van der Waals surface area contributed by atoms with E-state index in [1.165, 1.54) is 6.07 Å². The Morgan fingerprint density at radius 3 is 2.48 bits per heavy atom. The van der Waals surface area contributed by atoms with Crippen LogP contribution in [-0.4, -0.2) is 30.3 Å². The molecule has 3 nitrogen and oxygen atoms in total. The highest BCUT2D eigenvalue weighted by Gasteiger charge is 2.30. The molecule has 0 atom stereocenters. The van der Waals surface area contributed by atoms with Crippen molar-refractivity contribution in [1.29, 1.82) is 0 Å². The number of rotatable bonds is 6. The maximum absolute atomic E-state index is 12.8. The summed E-state index contributed by atoms with van der Waals surface area (Å²) in [6.45, 7) is 1.52. The topological polar surface area (TPSA) is 24.5 Å². The Morgan fingerprint density at radius 2 is 1.84 bits per heavy atom. The lowest BCUT2D eigenvalue weighted by Crippen LogP contribution is -2.36. The molecule has 0 aromatic heterocycles. The van der Waals surface area contributed by atoms with E-state index in [1.807, 2.05) is 35.2 Å². The van der Waals surface area contributed by atoms with Crippen molar-refractivity contribution >= 4 is 23.0 Å². The number of thiocarbonyl (C=S) groups is 1. The third kappa shape index (κ3) is 6.03. The minimum atomic E-state index is -4.39. The number of nitrogens with zero attached hydrogens (tertiary/aromatic N) is 1. The highest BCUT2D eigenvalue weighted by molar-refractivity contribution is 7.80. The smallest absolute Gasteiger partial charge is 0.383 e. The van der Waals surface area contributed by atoms with E-state index in [9.17, 15) is 13.2 Å². The second kappa shape index (κ2) is 8.82. The SMILES string of the molecule is COCCN(Cc1ccccc1)C(=S)Nc1cccc(C(F)(F)F)c1. The molecule has 25 heavy (non-hydrogen) atoms. The first-order valence-corrected chi connectivity index (χ1v) is 8.07. The zero-order chi connectivity index (χ0) is 18.3. The Labute approximate surface area is 150 Å². The maximum atomic E-state index is 12.8.